The highest BCUT2D eigenvalue weighted by atomic mass is 16.2. The molecule has 2 amide bonds. The van der Waals surface area contributed by atoms with E-state index in [2.05, 4.69) is 10.6 Å². The van der Waals surface area contributed by atoms with Gasteiger partial charge in [-0.3, -0.25) is 9.59 Å². The van der Waals surface area contributed by atoms with Gasteiger partial charge in [-0.25, -0.2) is 0 Å². The molecule has 4 aliphatic rings. The lowest BCUT2D eigenvalue weighted by molar-refractivity contribution is -0.127. The fourth-order valence-electron chi connectivity index (χ4n) is 6.09. The molecule has 4 fully saturated rings. The summed E-state index contributed by atoms with van der Waals surface area (Å²) in [6.07, 6.45) is 7.87. The molecule has 0 saturated heterocycles. The number of amides is 2. The Morgan fingerprint density at radius 1 is 1.04 bits per heavy atom. The minimum Gasteiger partial charge on any atom is -0.351 e. The van der Waals surface area contributed by atoms with Gasteiger partial charge in [0.15, 0.2) is 0 Å². The van der Waals surface area contributed by atoms with Crippen molar-refractivity contribution in [2.45, 2.75) is 70.4 Å². The van der Waals surface area contributed by atoms with Crippen LogP contribution in [-0.4, -0.2) is 17.4 Å². The highest BCUT2D eigenvalue weighted by Gasteiger charge is 2.51. The monoisotopic (exact) mass is 354 g/mol. The Bertz CT molecular complexity index is 659. The predicted molar refractivity (Wildman–Crippen MR) is 101 cm³/mol. The maximum absolute atomic E-state index is 12.9. The summed E-state index contributed by atoms with van der Waals surface area (Å²) in [5, 5.41) is 6.37. The van der Waals surface area contributed by atoms with Gasteiger partial charge in [0, 0.05) is 12.5 Å². The number of hydrogen-bond acceptors (Lipinski definition) is 2. The first kappa shape index (κ1) is 17.6. The maximum Gasteiger partial charge on any atom is 0.222 e. The normalized spacial score (nSPS) is 32.9. The lowest BCUT2D eigenvalue weighted by atomic mass is 9.53. The first-order chi connectivity index (χ1) is 12.4. The van der Waals surface area contributed by atoms with E-state index in [1.807, 2.05) is 31.2 Å². The van der Waals surface area contributed by atoms with E-state index in [1.54, 1.807) is 0 Å². The van der Waals surface area contributed by atoms with Gasteiger partial charge < -0.3 is 10.6 Å². The zero-order chi connectivity index (χ0) is 18.3. The summed E-state index contributed by atoms with van der Waals surface area (Å²) in [5.41, 5.74) is 2.19. The molecule has 4 heteroatoms. The maximum atomic E-state index is 12.9. The van der Waals surface area contributed by atoms with Crippen LogP contribution in [0, 0.1) is 24.7 Å². The largest absolute Gasteiger partial charge is 0.351 e. The molecule has 1 aromatic rings. The highest BCUT2D eigenvalue weighted by molar-refractivity contribution is 5.79. The standard InChI is InChI=1S/C22H30N2O2/c1-14-3-5-19(6-4-14)20(23-15(2)25)10-21(26)24-22-11-16-7-17(12-22)9-18(8-16)13-22/h3-6,16-18,20H,7-13H2,1-2H3,(H,23,25)(H,24,26). The molecule has 5 rings (SSSR count). The van der Waals surface area contributed by atoms with Crippen LogP contribution in [0.5, 0.6) is 0 Å². The van der Waals surface area contributed by atoms with Gasteiger partial charge in [0.1, 0.15) is 0 Å². The second-order valence-electron chi connectivity index (χ2n) is 9.11. The molecule has 1 atom stereocenters. The smallest absolute Gasteiger partial charge is 0.222 e. The summed E-state index contributed by atoms with van der Waals surface area (Å²) in [4.78, 5) is 24.5. The van der Waals surface area contributed by atoms with Crippen molar-refractivity contribution in [3.8, 4) is 0 Å². The van der Waals surface area contributed by atoms with E-state index in [0.29, 0.717) is 6.42 Å². The van der Waals surface area contributed by atoms with Crippen LogP contribution in [0.15, 0.2) is 24.3 Å². The van der Waals surface area contributed by atoms with Crippen LogP contribution in [0.4, 0.5) is 0 Å². The van der Waals surface area contributed by atoms with Crippen LogP contribution in [-0.2, 0) is 9.59 Å². The summed E-state index contributed by atoms with van der Waals surface area (Å²) in [6, 6.07) is 7.81. The van der Waals surface area contributed by atoms with Crippen molar-refractivity contribution in [2.75, 3.05) is 0 Å². The van der Waals surface area contributed by atoms with Gasteiger partial charge in [-0.2, -0.15) is 0 Å². The predicted octanol–water partition coefficient (Wildman–Crippen LogP) is 3.65. The fourth-order valence-corrected chi connectivity index (χ4v) is 6.09. The number of hydrogen-bond donors (Lipinski definition) is 2. The second kappa shape index (κ2) is 6.71. The molecule has 4 saturated carbocycles. The summed E-state index contributed by atoms with van der Waals surface area (Å²) >= 11 is 0. The number of carbonyl (C=O) groups is 2. The lowest BCUT2D eigenvalue weighted by Gasteiger charge is -2.57. The third-order valence-corrected chi connectivity index (χ3v) is 6.69. The Labute approximate surface area is 156 Å². The molecular weight excluding hydrogens is 324 g/mol. The van der Waals surface area contributed by atoms with Crippen molar-refractivity contribution in [1.29, 1.82) is 0 Å². The van der Waals surface area contributed by atoms with Crippen molar-refractivity contribution >= 4 is 11.8 Å². The molecular formula is C22H30N2O2. The average molecular weight is 354 g/mol. The first-order valence-electron chi connectivity index (χ1n) is 10.1. The van der Waals surface area contributed by atoms with Crippen molar-refractivity contribution in [1.82, 2.24) is 10.6 Å². The van der Waals surface area contributed by atoms with E-state index in [4.69, 9.17) is 0 Å². The number of nitrogens with one attached hydrogen (secondary N) is 2. The van der Waals surface area contributed by atoms with E-state index < -0.39 is 0 Å². The molecule has 0 radical (unpaired) electrons. The minimum absolute atomic E-state index is 0.0277. The molecule has 0 heterocycles. The van der Waals surface area contributed by atoms with Crippen LogP contribution in [0.2, 0.25) is 0 Å². The van der Waals surface area contributed by atoms with Crippen LogP contribution in [0.3, 0.4) is 0 Å². The van der Waals surface area contributed by atoms with E-state index in [0.717, 1.165) is 42.6 Å². The van der Waals surface area contributed by atoms with E-state index in [9.17, 15) is 9.59 Å². The van der Waals surface area contributed by atoms with E-state index in [-0.39, 0.29) is 23.4 Å². The molecule has 0 aromatic heterocycles. The first-order valence-corrected chi connectivity index (χ1v) is 10.1. The zero-order valence-electron chi connectivity index (χ0n) is 15.9. The lowest BCUT2D eigenvalue weighted by Crippen LogP contribution is -2.60. The van der Waals surface area contributed by atoms with E-state index in [1.165, 1.54) is 31.7 Å². The van der Waals surface area contributed by atoms with Gasteiger partial charge in [-0.05, 0) is 68.8 Å². The van der Waals surface area contributed by atoms with Gasteiger partial charge in [0.2, 0.25) is 11.8 Å². The average Bonchev–Trinajstić information content (AvgIpc) is 2.52. The summed E-state index contributed by atoms with van der Waals surface area (Å²) in [5.74, 6) is 2.41. The molecule has 1 unspecified atom stereocenters. The second-order valence-corrected chi connectivity index (χ2v) is 9.11. The Morgan fingerprint density at radius 2 is 1.58 bits per heavy atom. The number of benzene rings is 1. The van der Waals surface area contributed by atoms with Crippen molar-refractivity contribution in [3.05, 3.63) is 35.4 Å². The molecule has 1 aromatic carbocycles. The van der Waals surface area contributed by atoms with Crippen molar-refractivity contribution < 1.29 is 9.59 Å². The molecule has 2 N–H and O–H groups in total. The van der Waals surface area contributed by atoms with Crippen LogP contribution >= 0.6 is 0 Å². The Balaban J connectivity index is 1.45. The highest BCUT2D eigenvalue weighted by Crippen LogP contribution is 2.55. The van der Waals surface area contributed by atoms with Crippen LogP contribution in [0.25, 0.3) is 0 Å². The van der Waals surface area contributed by atoms with Crippen LogP contribution < -0.4 is 10.6 Å². The molecule has 0 aliphatic heterocycles. The van der Waals surface area contributed by atoms with Gasteiger partial charge >= 0.3 is 0 Å². The molecule has 140 valence electrons. The zero-order valence-corrected chi connectivity index (χ0v) is 15.9. The molecule has 4 nitrogen and oxygen atoms in total. The SMILES string of the molecule is CC(=O)NC(CC(=O)NC12CC3CC(CC(C3)C1)C2)c1ccc(C)cc1. The molecule has 26 heavy (non-hydrogen) atoms. The number of aryl methyl sites for hydroxylation is 1. The number of carbonyl (C=O) groups excluding carboxylic acids is 2. The van der Waals surface area contributed by atoms with Crippen molar-refractivity contribution in [2.24, 2.45) is 17.8 Å². The Kier molecular flexibility index (Phi) is 4.54. The van der Waals surface area contributed by atoms with Gasteiger partial charge in [-0.15, -0.1) is 0 Å². The molecule has 0 spiro atoms. The van der Waals surface area contributed by atoms with Crippen molar-refractivity contribution in [3.63, 3.8) is 0 Å². The topological polar surface area (TPSA) is 58.2 Å². The summed E-state index contributed by atoms with van der Waals surface area (Å²) in [6.45, 7) is 3.55. The quantitative estimate of drug-likeness (QED) is 0.848. The minimum atomic E-state index is -0.262. The molecule has 4 aliphatic carbocycles. The third-order valence-electron chi connectivity index (χ3n) is 6.69. The molecule has 4 bridgehead atoms. The van der Waals surface area contributed by atoms with Gasteiger partial charge in [-0.1, -0.05) is 29.8 Å². The van der Waals surface area contributed by atoms with Gasteiger partial charge in [0.05, 0.1) is 12.5 Å². The number of rotatable bonds is 5. The summed E-state index contributed by atoms with van der Waals surface area (Å²) in [7, 11) is 0. The Morgan fingerprint density at radius 3 is 2.08 bits per heavy atom. The third kappa shape index (κ3) is 3.65. The summed E-state index contributed by atoms with van der Waals surface area (Å²) < 4.78 is 0. The van der Waals surface area contributed by atoms with Crippen LogP contribution in [0.1, 0.15) is 69.0 Å². The fraction of sp³-hybridized carbons (Fsp3) is 0.636. The van der Waals surface area contributed by atoms with Gasteiger partial charge in [0.25, 0.3) is 0 Å². The Hall–Kier alpha value is -1.84. The van der Waals surface area contributed by atoms with E-state index >= 15 is 0 Å².